The summed E-state index contributed by atoms with van der Waals surface area (Å²) in [5.74, 6) is -2.95. The first-order valence-corrected chi connectivity index (χ1v) is 10.7. The molecule has 31 heavy (non-hydrogen) atoms. The standard InChI is InChI=1S/C23H22ClN3O4/c1-12(28)19-17-18(21(30)27(20(17)29)10-9-13-5-3-2-4-6-13)23(26-19)15-11-14(24)7-8-16(15)25-22(23)31/h2-8,11-12,17-19,26,28H,9-10H2,1H3,(H,25,31)/t12-,17-,18-,19+,23-/m0/s1. The van der Waals surface area contributed by atoms with E-state index in [4.69, 9.17) is 11.6 Å². The lowest BCUT2D eigenvalue weighted by Crippen LogP contribution is -2.55. The van der Waals surface area contributed by atoms with Crippen molar-refractivity contribution in [3.63, 3.8) is 0 Å². The molecule has 2 fully saturated rings. The molecule has 2 aromatic carbocycles. The third kappa shape index (κ3) is 2.84. The molecule has 5 rings (SSSR count). The van der Waals surface area contributed by atoms with Crippen LogP contribution in [-0.2, 0) is 26.3 Å². The van der Waals surface area contributed by atoms with E-state index in [0.29, 0.717) is 22.7 Å². The first kappa shape index (κ1) is 20.2. The number of nitrogens with zero attached hydrogens (tertiary/aromatic N) is 1. The molecule has 5 atom stereocenters. The molecule has 2 saturated heterocycles. The summed E-state index contributed by atoms with van der Waals surface area (Å²) in [6, 6.07) is 13.9. The van der Waals surface area contributed by atoms with Gasteiger partial charge < -0.3 is 10.4 Å². The number of benzene rings is 2. The van der Waals surface area contributed by atoms with Gasteiger partial charge in [-0.1, -0.05) is 41.9 Å². The number of hydrogen-bond donors (Lipinski definition) is 3. The second kappa shape index (κ2) is 7.15. The highest BCUT2D eigenvalue weighted by molar-refractivity contribution is 6.31. The number of carbonyl (C=O) groups excluding carboxylic acids is 3. The van der Waals surface area contributed by atoms with E-state index in [1.165, 1.54) is 4.90 Å². The Hall–Kier alpha value is -2.74. The Labute approximate surface area is 184 Å². The van der Waals surface area contributed by atoms with Crippen LogP contribution in [0.25, 0.3) is 0 Å². The summed E-state index contributed by atoms with van der Waals surface area (Å²) in [5, 5.41) is 16.8. The van der Waals surface area contributed by atoms with Gasteiger partial charge in [-0.2, -0.15) is 0 Å². The summed E-state index contributed by atoms with van der Waals surface area (Å²) in [6.45, 7) is 1.78. The Balaban J connectivity index is 1.55. The number of amides is 3. The van der Waals surface area contributed by atoms with Crippen molar-refractivity contribution < 1.29 is 19.5 Å². The number of fused-ring (bicyclic) bond motifs is 4. The molecule has 160 valence electrons. The van der Waals surface area contributed by atoms with Crippen LogP contribution >= 0.6 is 11.6 Å². The largest absolute Gasteiger partial charge is 0.392 e. The van der Waals surface area contributed by atoms with Crippen LogP contribution in [0.4, 0.5) is 5.69 Å². The summed E-state index contributed by atoms with van der Waals surface area (Å²) >= 11 is 6.21. The van der Waals surface area contributed by atoms with Crippen molar-refractivity contribution in [3.8, 4) is 0 Å². The summed E-state index contributed by atoms with van der Waals surface area (Å²) in [7, 11) is 0. The van der Waals surface area contributed by atoms with Gasteiger partial charge in [0.2, 0.25) is 17.7 Å². The molecule has 0 aromatic heterocycles. The fourth-order valence-electron chi connectivity index (χ4n) is 5.28. The van der Waals surface area contributed by atoms with Gasteiger partial charge in [0.05, 0.1) is 17.9 Å². The van der Waals surface area contributed by atoms with Crippen LogP contribution in [0.1, 0.15) is 18.1 Å². The van der Waals surface area contributed by atoms with E-state index >= 15 is 0 Å². The van der Waals surface area contributed by atoms with E-state index in [-0.39, 0.29) is 12.5 Å². The van der Waals surface area contributed by atoms with Gasteiger partial charge in [0, 0.05) is 28.9 Å². The van der Waals surface area contributed by atoms with Crippen molar-refractivity contribution in [2.45, 2.75) is 31.0 Å². The number of nitrogens with one attached hydrogen (secondary N) is 2. The van der Waals surface area contributed by atoms with Crippen LogP contribution in [0, 0.1) is 11.8 Å². The van der Waals surface area contributed by atoms with Gasteiger partial charge in [-0.15, -0.1) is 0 Å². The highest BCUT2D eigenvalue weighted by Crippen LogP contribution is 2.53. The van der Waals surface area contributed by atoms with E-state index in [2.05, 4.69) is 10.6 Å². The molecule has 0 aliphatic carbocycles. The Morgan fingerprint density at radius 3 is 2.58 bits per heavy atom. The van der Waals surface area contributed by atoms with Crippen LogP contribution in [0.2, 0.25) is 5.02 Å². The molecule has 3 aliphatic rings. The molecular weight excluding hydrogens is 418 g/mol. The number of rotatable bonds is 4. The van der Waals surface area contributed by atoms with Crippen LogP contribution in [0.15, 0.2) is 48.5 Å². The van der Waals surface area contributed by atoms with Crippen molar-refractivity contribution in [2.24, 2.45) is 11.8 Å². The topological polar surface area (TPSA) is 98.7 Å². The van der Waals surface area contributed by atoms with Crippen molar-refractivity contribution in [3.05, 3.63) is 64.7 Å². The van der Waals surface area contributed by atoms with E-state index in [0.717, 1.165) is 5.56 Å². The molecule has 2 aromatic rings. The van der Waals surface area contributed by atoms with E-state index in [1.54, 1.807) is 25.1 Å². The molecule has 3 aliphatic heterocycles. The van der Waals surface area contributed by atoms with Gasteiger partial charge in [0.15, 0.2) is 0 Å². The van der Waals surface area contributed by atoms with Crippen LogP contribution in [-0.4, -0.2) is 46.4 Å². The van der Waals surface area contributed by atoms with Crippen molar-refractivity contribution in [1.82, 2.24) is 10.2 Å². The Morgan fingerprint density at radius 1 is 1.13 bits per heavy atom. The summed E-state index contributed by atoms with van der Waals surface area (Å²) in [6.07, 6.45) is -0.416. The van der Waals surface area contributed by atoms with Crippen molar-refractivity contribution in [1.29, 1.82) is 0 Å². The van der Waals surface area contributed by atoms with E-state index < -0.39 is 41.3 Å². The highest BCUT2D eigenvalue weighted by Gasteiger charge is 2.71. The minimum absolute atomic E-state index is 0.224. The average Bonchev–Trinajstić information content (AvgIpc) is 3.33. The molecule has 1 spiro atoms. The van der Waals surface area contributed by atoms with E-state index in [9.17, 15) is 19.5 Å². The fourth-order valence-corrected chi connectivity index (χ4v) is 5.46. The zero-order chi connectivity index (χ0) is 21.9. The van der Waals surface area contributed by atoms with Crippen molar-refractivity contribution in [2.75, 3.05) is 11.9 Å². The molecule has 0 saturated carbocycles. The third-order valence-corrected chi connectivity index (χ3v) is 6.92. The lowest BCUT2D eigenvalue weighted by atomic mass is 9.76. The maximum Gasteiger partial charge on any atom is 0.250 e. The van der Waals surface area contributed by atoms with Gasteiger partial charge in [0.1, 0.15) is 5.54 Å². The number of likely N-dealkylation sites (tertiary alicyclic amines) is 1. The normalized spacial score (nSPS) is 30.0. The Kier molecular flexibility index (Phi) is 4.66. The summed E-state index contributed by atoms with van der Waals surface area (Å²) in [4.78, 5) is 41.4. The maximum atomic E-state index is 13.6. The Morgan fingerprint density at radius 2 is 1.87 bits per heavy atom. The first-order valence-electron chi connectivity index (χ1n) is 10.3. The number of aliphatic hydroxyl groups is 1. The van der Waals surface area contributed by atoms with Gasteiger partial charge in [-0.3, -0.25) is 24.6 Å². The highest BCUT2D eigenvalue weighted by atomic mass is 35.5. The fraction of sp³-hybridized carbons (Fsp3) is 0.348. The minimum atomic E-state index is -1.44. The predicted octanol–water partition coefficient (Wildman–Crippen LogP) is 1.68. The molecule has 0 unspecified atom stereocenters. The maximum absolute atomic E-state index is 13.6. The summed E-state index contributed by atoms with van der Waals surface area (Å²) in [5.41, 5.74) is 0.653. The second-order valence-electron chi connectivity index (χ2n) is 8.43. The lowest BCUT2D eigenvalue weighted by Gasteiger charge is -2.30. The molecule has 3 amide bonds. The number of aliphatic hydroxyl groups excluding tert-OH is 1. The molecular formula is C23H22ClN3O4. The van der Waals surface area contributed by atoms with Crippen LogP contribution in [0.3, 0.4) is 0 Å². The zero-order valence-corrected chi connectivity index (χ0v) is 17.6. The molecule has 0 radical (unpaired) electrons. The zero-order valence-electron chi connectivity index (χ0n) is 16.8. The smallest absolute Gasteiger partial charge is 0.250 e. The van der Waals surface area contributed by atoms with Gasteiger partial charge in [-0.05, 0) is 37.1 Å². The van der Waals surface area contributed by atoms with Gasteiger partial charge >= 0.3 is 0 Å². The predicted molar refractivity (Wildman–Crippen MR) is 114 cm³/mol. The molecule has 0 bridgehead atoms. The van der Waals surface area contributed by atoms with Crippen LogP contribution in [0.5, 0.6) is 0 Å². The summed E-state index contributed by atoms with van der Waals surface area (Å²) < 4.78 is 0. The third-order valence-electron chi connectivity index (χ3n) is 6.69. The van der Waals surface area contributed by atoms with Crippen molar-refractivity contribution >= 4 is 35.0 Å². The average molecular weight is 440 g/mol. The molecule has 3 heterocycles. The number of anilines is 1. The lowest BCUT2D eigenvalue weighted by molar-refractivity contribution is -0.143. The SMILES string of the molecule is C[C@H](O)[C@H]1N[C@]2(C(=O)Nc3ccc(Cl)cc32)[C@@H]2C(=O)N(CCc3ccccc3)C(=O)[C@H]12. The van der Waals surface area contributed by atoms with Gasteiger partial charge in [0.25, 0.3) is 0 Å². The number of halogens is 1. The second-order valence-corrected chi connectivity index (χ2v) is 8.87. The Bertz CT molecular complexity index is 1090. The quantitative estimate of drug-likeness (QED) is 0.630. The first-order chi connectivity index (χ1) is 14.8. The molecule has 7 nitrogen and oxygen atoms in total. The van der Waals surface area contributed by atoms with Crippen LogP contribution < -0.4 is 10.6 Å². The number of imide groups is 1. The van der Waals surface area contributed by atoms with Gasteiger partial charge in [-0.25, -0.2) is 0 Å². The number of hydrogen-bond acceptors (Lipinski definition) is 5. The van der Waals surface area contributed by atoms with E-state index in [1.807, 2.05) is 30.3 Å². The molecule has 8 heteroatoms. The molecule has 3 N–H and O–H groups in total. The number of carbonyl (C=O) groups is 3. The minimum Gasteiger partial charge on any atom is -0.392 e. The monoisotopic (exact) mass is 439 g/mol.